The highest BCUT2D eigenvalue weighted by Crippen LogP contribution is 2.39. The molecule has 0 spiro atoms. The number of aromatic carboxylic acids is 1. The van der Waals surface area contributed by atoms with E-state index >= 15 is 0 Å². The summed E-state index contributed by atoms with van der Waals surface area (Å²) < 4.78 is 5.36. The van der Waals surface area contributed by atoms with Gasteiger partial charge < -0.3 is 14.9 Å². The van der Waals surface area contributed by atoms with Gasteiger partial charge in [0, 0.05) is 0 Å². The van der Waals surface area contributed by atoms with E-state index in [0.29, 0.717) is 12.2 Å². The number of carbonyl (C=O) groups is 1. The molecule has 0 bridgehead atoms. The van der Waals surface area contributed by atoms with Crippen molar-refractivity contribution in [2.45, 2.75) is 13.3 Å². The molecule has 0 aliphatic heterocycles. The van der Waals surface area contributed by atoms with Gasteiger partial charge in [-0.3, -0.25) is 0 Å². The third kappa shape index (κ3) is 2.07. The van der Waals surface area contributed by atoms with Crippen molar-refractivity contribution in [1.82, 2.24) is 0 Å². The van der Waals surface area contributed by atoms with Crippen molar-refractivity contribution in [3.8, 4) is 11.5 Å². The second kappa shape index (κ2) is 4.53. The number of halogens is 1. The maximum atomic E-state index is 10.8. The normalized spacial score (nSPS) is 10.1. The van der Waals surface area contributed by atoms with E-state index < -0.39 is 5.97 Å². The fourth-order valence-corrected chi connectivity index (χ4v) is 1.95. The molecule has 0 radical (unpaired) electrons. The molecule has 0 heterocycles. The molecule has 0 aliphatic rings. The van der Waals surface area contributed by atoms with Crippen LogP contribution in [0.1, 0.15) is 22.8 Å². The smallest absolute Gasteiger partial charge is 0.339 e. The molecular weight excluding hydrogens is 264 g/mol. The lowest BCUT2D eigenvalue weighted by Crippen LogP contribution is -2.01. The zero-order valence-electron chi connectivity index (χ0n) is 8.37. The fraction of sp³-hybridized carbons (Fsp3) is 0.300. The van der Waals surface area contributed by atoms with Gasteiger partial charge in [0.25, 0.3) is 0 Å². The summed E-state index contributed by atoms with van der Waals surface area (Å²) in [5.41, 5.74) is 0.610. The number of hydrogen-bond acceptors (Lipinski definition) is 3. The fourth-order valence-electron chi connectivity index (χ4n) is 1.32. The minimum absolute atomic E-state index is 0.125. The van der Waals surface area contributed by atoms with Gasteiger partial charge in [0.05, 0.1) is 7.11 Å². The van der Waals surface area contributed by atoms with E-state index in [-0.39, 0.29) is 15.8 Å². The maximum absolute atomic E-state index is 10.8. The van der Waals surface area contributed by atoms with Crippen LogP contribution in [0.3, 0.4) is 0 Å². The molecule has 0 aromatic heterocycles. The highest BCUT2D eigenvalue weighted by atomic mass is 79.9. The molecule has 0 saturated carbocycles. The number of ether oxygens (including phenoxy) is 1. The van der Waals surface area contributed by atoms with Gasteiger partial charge in [-0.25, -0.2) is 4.79 Å². The van der Waals surface area contributed by atoms with E-state index in [2.05, 4.69) is 15.9 Å². The first-order valence-corrected chi connectivity index (χ1v) is 5.13. The molecule has 0 unspecified atom stereocenters. The Morgan fingerprint density at radius 3 is 2.60 bits per heavy atom. The Labute approximate surface area is 95.6 Å². The van der Waals surface area contributed by atoms with Crippen molar-refractivity contribution in [3.05, 3.63) is 21.7 Å². The first-order valence-electron chi connectivity index (χ1n) is 4.34. The summed E-state index contributed by atoms with van der Waals surface area (Å²) in [7, 11) is 1.47. The molecule has 0 atom stereocenters. The quantitative estimate of drug-likeness (QED) is 0.889. The predicted molar refractivity (Wildman–Crippen MR) is 58.7 cm³/mol. The topological polar surface area (TPSA) is 66.8 Å². The summed E-state index contributed by atoms with van der Waals surface area (Å²) in [6, 6.07) is 1.42. The van der Waals surface area contributed by atoms with Crippen molar-refractivity contribution in [3.63, 3.8) is 0 Å². The molecule has 15 heavy (non-hydrogen) atoms. The Balaban J connectivity index is 3.49. The summed E-state index contributed by atoms with van der Waals surface area (Å²) in [6.45, 7) is 1.88. The molecule has 0 amide bonds. The highest BCUT2D eigenvalue weighted by molar-refractivity contribution is 9.10. The SMILES string of the molecule is CCc1cc(C(=O)O)c(O)c(Br)c1OC. The number of aromatic hydroxyl groups is 1. The lowest BCUT2D eigenvalue weighted by Gasteiger charge is -2.12. The van der Waals surface area contributed by atoms with Crippen molar-refractivity contribution < 1.29 is 19.7 Å². The molecular formula is C10H11BrO4. The van der Waals surface area contributed by atoms with E-state index in [4.69, 9.17) is 9.84 Å². The van der Waals surface area contributed by atoms with Crippen LogP contribution >= 0.6 is 15.9 Å². The molecule has 82 valence electrons. The molecule has 1 rings (SSSR count). The number of aryl methyl sites for hydroxylation is 1. The van der Waals surface area contributed by atoms with Crippen molar-refractivity contribution >= 4 is 21.9 Å². The monoisotopic (exact) mass is 274 g/mol. The van der Waals surface area contributed by atoms with Gasteiger partial charge in [-0.2, -0.15) is 0 Å². The van der Waals surface area contributed by atoms with Crippen molar-refractivity contribution in [2.75, 3.05) is 7.11 Å². The van der Waals surface area contributed by atoms with Gasteiger partial charge in [0.1, 0.15) is 21.5 Å². The zero-order chi connectivity index (χ0) is 11.6. The van der Waals surface area contributed by atoms with Crippen molar-refractivity contribution in [1.29, 1.82) is 0 Å². The number of phenols is 1. The van der Waals surface area contributed by atoms with Gasteiger partial charge in [-0.1, -0.05) is 6.92 Å². The van der Waals surface area contributed by atoms with Gasteiger partial charge >= 0.3 is 5.97 Å². The molecule has 0 aliphatic carbocycles. The lowest BCUT2D eigenvalue weighted by molar-refractivity contribution is 0.0693. The Hall–Kier alpha value is -1.23. The molecule has 5 heteroatoms. The Morgan fingerprint density at radius 2 is 2.20 bits per heavy atom. The largest absolute Gasteiger partial charge is 0.506 e. The summed E-state index contributed by atoms with van der Waals surface area (Å²) in [4.78, 5) is 10.8. The molecule has 2 N–H and O–H groups in total. The molecule has 1 aromatic rings. The number of carboxylic acid groups (broad SMARTS) is 1. The number of carboxylic acids is 1. The second-order valence-electron chi connectivity index (χ2n) is 2.94. The second-order valence-corrected chi connectivity index (χ2v) is 3.73. The van der Waals surface area contributed by atoms with Crippen LogP contribution in [0.2, 0.25) is 0 Å². The minimum atomic E-state index is -1.16. The number of hydrogen-bond donors (Lipinski definition) is 2. The summed E-state index contributed by atoms with van der Waals surface area (Å²) in [5.74, 6) is -0.998. The van der Waals surface area contributed by atoms with Crippen LogP contribution in [0.4, 0.5) is 0 Å². The lowest BCUT2D eigenvalue weighted by atomic mass is 10.1. The third-order valence-electron chi connectivity index (χ3n) is 2.09. The van der Waals surface area contributed by atoms with Crippen molar-refractivity contribution in [2.24, 2.45) is 0 Å². The van der Waals surface area contributed by atoms with E-state index in [9.17, 15) is 9.90 Å². The third-order valence-corrected chi connectivity index (χ3v) is 2.82. The van der Waals surface area contributed by atoms with Crippen LogP contribution in [0.25, 0.3) is 0 Å². The minimum Gasteiger partial charge on any atom is -0.506 e. The van der Waals surface area contributed by atoms with E-state index in [1.807, 2.05) is 6.92 Å². The number of benzene rings is 1. The average Bonchev–Trinajstić information content (AvgIpc) is 2.21. The summed E-state index contributed by atoms with van der Waals surface area (Å²) >= 11 is 3.11. The van der Waals surface area contributed by atoms with Crippen LogP contribution in [0.5, 0.6) is 11.5 Å². The Bertz CT molecular complexity index is 401. The van der Waals surface area contributed by atoms with E-state index in [1.54, 1.807) is 0 Å². The molecule has 1 aromatic carbocycles. The van der Waals surface area contributed by atoms with E-state index in [0.717, 1.165) is 5.56 Å². The Morgan fingerprint density at radius 1 is 1.60 bits per heavy atom. The number of methoxy groups -OCH3 is 1. The average molecular weight is 275 g/mol. The van der Waals surface area contributed by atoms with Gasteiger partial charge in [0.15, 0.2) is 0 Å². The van der Waals surface area contributed by atoms with E-state index in [1.165, 1.54) is 13.2 Å². The highest BCUT2D eigenvalue weighted by Gasteiger charge is 2.19. The molecule has 0 saturated heterocycles. The first kappa shape index (κ1) is 11.8. The standard InChI is InChI=1S/C10H11BrO4/c1-3-5-4-6(10(13)14)8(12)7(11)9(5)15-2/h4,12H,3H2,1-2H3,(H,13,14). The van der Waals surface area contributed by atoms with Gasteiger partial charge in [-0.05, 0) is 34.0 Å². The first-order chi connectivity index (χ1) is 7.02. The number of rotatable bonds is 3. The molecule has 4 nitrogen and oxygen atoms in total. The zero-order valence-corrected chi connectivity index (χ0v) is 9.96. The van der Waals surface area contributed by atoms with Crippen LogP contribution in [-0.4, -0.2) is 23.3 Å². The van der Waals surface area contributed by atoms with Crippen LogP contribution in [0.15, 0.2) is 10.5 Å². The summed E-state index contributed by atoms with van der Waals surface area (Å²) in [5, 5.41) is 18.4. The maximum Gasteiger partial charge on any atom is 0.339 e. The predicted octanol–water partition coefficient (Wildman–Crippen LogP) is 2.42. The van der Waals surface area contributed by atoms with Gasteiger partial charge in [-0.15, -0.1) is 0 Å². The van der Waals surface area contributed by atoms with Crippen LogP contribution < -0.4 is 4.74 Å². The molecule has 0 fully saturated rings. The van der Waals surface area contributed by atoms with Gasteiger partial charge in [0.2, 0.25) is 0 Å². The van der Waals surface area contributed by atoms with Crippen LogP contribution in [0, 0.1) is 0 Å². The Kier molecular flexibility index (Phi) is 3.57. The van der Waals surface area contributed by atoms with Crippen LogP contribution in [-0.2, 0) is 6.42 Å². The summed E-state index contributed by atoms with van der Waals surface area (Å²) in [6.07, 6.45) is 0.627.